The van der Waals surface area contributed by atoms with Crippen LogP contribution in [0, 0.1) is 6.92 Å². The number of benzene rings is 1. The van der Waals surface area contributed by atoms with Crippen molar-refractivity contribution in [2.45, 2.75) is 19.8 Å². The van der Waals surface area contributed by atoms with Gasteiger partial charge in [-0.3, -0.25) is 0 Å². The van der Waals surface area contributed by atoms with Crippen molar-refractivity contribution in [3.05, 3.63) is 17.7 Å². The minimum Gasteiger partial charge on any atom is -0.497 e. The summed E-state index contributed by atoms with van der Waals surface area (Å²) in [4.78, 5) is 0. The van der Waals surface area contributed by atoms with Gasteiger partial charge in [-0.15, -0.1) is 0 Å². The van der Waals surface area contributed by atoms with Crippen molar-refractivity contribution in [2.24, 2.45) is 0 Å². The van der Waals surface area contributed by atoms with E-state index in [4.69, 9.17) is 14.6 Å². The number of methoxy groups -OCH3 is 2. The van der Waals surface area contributed by atoms with E-state index in [1.165, 1.54) is 0 Å². The molecule has 0 fully saturated rings. The van der Waals surface area contributed by atoms with Crippen molar-refractivity contribution in [1.29, 1.82) is 0 Å². The summed E-state index contributed by atoms with van der Waals surface area (Å²) < 4.78 is 10.5. The smallest absolute Gasteiger partial charge is 0.145 e. The Hall–Kier alpha value is -1.42. The quantitative estimate of drug-likeness (QED) is 0.716. The first-order valence-corrected chi connectivity index (χ1v) is 5.80. The number of hydrogen-bond donors (Lipinski definition) is 2. The van der Waals surface area contributed by atoms with Gasteiger partial charge in [-0.25, -0.2) is 0 Å². The van der Waals surface area contributed by atoms with E-state index in [9.17, 15) is 0 Å². The van der Waals surface area contributed by atoms with Crippen molar-refractivity contribution in [2.75, 3.05) is 32.7 Å². The van der Waals surface area contributed by atoms with Crippen LogP contribution < -0.4 is 14.8 Å². The molecule has 0 aromatic heterocycles. The van der Waals surface area contributed by atoms with E-state index in [0.717, 1.165) is 42.1 Å². The minimum absolute atomic E-state index is 0.237. The molecule has 17 heavy (non-hydrogen) atoms. The number of anilines is 1. The lowest BCUT2D eigenvalue weighted by molar-refractivity contribution is 0.286. The van der Waals surface area contributed by atoms with Crippen molar-refractivity contribution in [1.82, 2.24) is 0 Å². The number of nitrogens with one attached hydrogen (secondary N) is 1. The molecular weight excluding hydrogens is 218 g/mol. The Morgan fingerprint density at radius 3 is 2.53 bits per heavy atom. The topological polar surface area (TPSA) is 50.7 Å². The molecule has 0 radical (unpaired) electrons. The highest BCUT2D eigenvalue weighted by atomic mass is 16.5. The molecule has 0 amide bonds. The Balaban J connectivity index is 2.75. The van der Waals surface area contributed by atoms with Crippen LogP contribution in [0.4, 0.5) is 5.69 Å². The first-order valence-electron chi connectivity index (χ1n) is 5.80. The van der Waals surface area contributed by atoms with Gasteiger partial charge >= 0.3 is 0 Å². The number of hydrogen-bond acceptors (Lipinski definition) is 4. The number of rotatable bonds is 7. The van der Waals surface area contributed by atoms with Gasteiger partial charge in [0.25, 0.3) is 0 Å². The maximum Gasteiger partial charge on any atom is 0.145 e. The summed E-state index contributed by atoms with van der Waals surface area (Å²) in [6.07, 6.45) is 1.75. The molecule has 0 saturated carbocycles. The third-order valence-corrected chi connectivity index (χ3v) is 2.62. The second kappa shape index (κ2) is 7.01. The van der Waals surface area contributed by atoms with Gasteiger partial charge in [-0.2, -0.15) is 0 Å². The van der Waals surface area contributed by atoms with Crippen molar-refractivity contribution >= 4 is 5.69 Å². The van der Waals surface area contributed by atoms with Gasteiger partial charge in [-0.05, 0) is 31.4 Å². The maximum atomic E-state index is 8.72. The van der Waals surface area contributed by atoms with Gasteiger partial charge < -0.3 is 19.9 Å². The molecule has 0 aliphatic rings. The van der Waals surface area contributed by atoms with Gasteiger partial charge in [-0.1, -0.05) is 0 Å². The zero-order valence-corrected chi connectivity index (χ0v) is 10.7. The van der Waals surface area contributed by atoms with Crippen LogP contribution in [-0.2, 0) is 0 Å². The van der Waals surface area contributed by atoms with Crippen LogP contribution in [0.1, 0.15) is 18.4 Å². The lowest BCUT2D eigenvalue weighted by Gasteiger charge is -2.15. The molecule has 1 aromatic carbocycles. The molecule has 2 N–H and O–H groups in total. The second-order valence-corrected chi connectivity index (χ2v) is 3.88. The molecular formula is C13H21NO3. The van der Waals surface area contributed by atoms with Gasteiger partial charge in [0.15, 0.2) is 0 Å². The van der Waals surface area contributed by atoms with Crippen LogP contribution in [0.3, 0.4) is 0 Å². The Bertz CT molecular complexity index is 353. The molecule has 0 bridgehead atoms. The molecule has 4 nitrogen and oxygen atoms in total. The molecule has 4 heteroatoms. The zero-order valence-electron chi connectivity index (χ0n) is 10.7. The number of aliphatic hydroxyl groups is 1. The predicted molar refractivity (Wildman–Crippen MR) is 69.1 cm³/mol. The number of aryl methyl sites for hydroxylation is 1. The maximum absolute atomic E-state index is 8.72. The molecule has 0 heterocycles. The summed E-state index contributed by atoms with van der Waals surface area (Å²) >= 11 is 0. The fraction of sp³-hybridized carbons (Fsp3) is 0.538. The lowest BCUT2D eigenvalue weighted by Crippen LogP contribution is -2.06. The monoisotopic (exact) mass is 239 g/mol. The minimum atomic E-state index is 0.237. The molecule has 0 saturated heterocycles. The van der Waals surface area contributed by atoms with Crippen molar-refractivity contribution in [3.63, 3.8) is 0 Å². The highest BCUT2D eigenvalue weighted by Crippen LogP contribution is 2.32. The molecule has 0 unspecified atom stereocenters. The van der Waals surface area contributed by atoms with Crippen LogP contribution >= 0.6 is 0 Å². The standard InChI is InChI=1S/C13H21NO3/c1-10-8-11(16-2)9-12(17-3)13(10)14-6-4-5-7-15/h8-9,14-15H,4-7H2,1-3H3. The third kappa shape index (κ3) is 3.82. The molecule has 96 valence electrons. The highest BCUT2D eigenvalue weighted by molar-refractivity contribution is 5.64. The van der Waals surface area contributed by atoms with Crippen LogP contribution in [0.5, 0.6) is 11.5 Å². The van der Waals surface area contributed by atoms with E-state index in [2.05, 4.69) is 5.32 Å². The van der Waals surface area contributed by atoms with Crippen molar-refractivity contribution in [3.8, 4) is 11.5 Å². The van der Waals surface area contributed by atoms with E-state index in [1.54, 1.807) is 14.2 Å². The van der Waals surface area contributed by atoms with Gasteiger partial charge in [0.05, 0.1) is 19.9 Å². The zero-order chi connectivity index (χ0) is 12.7. The summed E-state index contributed by atoms with van der Waals surface area (Å²) in [5, 5.41) is 12.0. The summed E-state index contributed by atoms with van der Waals surface area (Å²) in [5.41, 5.74) is 2.08. The van der Waals surface area contributed by atoms with Crippen LogP contribution in [0.2, 0.25) is 0 Å². The molecule has 0 atom stereocenters. The summed E-state index contributed by atoms with van der Waals surface area (Å²) in [6.45, 7) is 3.07. The van der Waals surface area contributed by atoms with E-state index in [-0.39, 0.29) is 6.61 Å². The Labute approximate surface area is 103 Å². The molecule has 1 rings (SSSR count). The van der Waals surface area contributed by atoms with E-state index >= 15 is 0 Å². The van der Waals surface area contributed by atoms with Crippen LogP contribution in [-0.4, -0.2) is 32.5 Å². The summed E-state index contributed by atoms with van der Waals surface area (Å²) in [5.74, 6) is 1.58. The van der Waals surface area contributed by atoms with Crippen molar-refractivity contribution < 1.29 is 14.6 Å². The van der Waals surface area contributed by atoms with Gasteiger partial charge in [0.1, 0.15) is 11.5 Å². The molecule has 1 aromatic rings. The Morgan fingerprint density at radius 2 is 1.94 bits per heavy atom. The third-order valence-electron chi connectivity index (χ3n) is 2.62. The second-order valence-electron chi connectivity index (χ2n) is 3.88. The first-order chi connectivity index (χ1) is 8.22. The molecule has 0 aliphatic carbocycles. The van der Waals surface area contributed by atoms with Crippen LogP contribution in [0.15, 0.2) is 12.1 Å². The number of ether oxygens (including phenoxy) is 2. The van der Waals surface area contributed by atoms with E-state index < -0.39 is 0 Å². The average Bonchev–Trinajstić information content (AvgIpc) is 2.35. The predicted octanol–water partition coefficient (Wildman–Crippen LogP) is 2.20. The average molecular weight is 239 g/mol. The number of unbranched alkanes of at least 4 members (excludes halogenated alkanes) is 1. The highest BCUT2D eigenvalue weighted by Gasteiger charge is 2.08. The largest absolute Gasteiger partial charge is 0.497 e. The molecule has 0 aliphatic heterocycles. The first kappa shape index (κ1) is 13.6. The lowest BCUT2D eigenvalue weighted by atomic mass is 10.1. The Kier molecular flexibility index (Phi) is 5.63. The molecule has 0 spiro atoms. The van der Waals surface area contributed by atoms with Gasteiger partial charge in [0.2, 0.25) is 0 Å². The van der Waals surface area contributed by atoms with E-state index in [1.807, 2.05) is 19.1 Å². The summed E-state index contributed by atoms with van der Waals surface area (Å²) in [7, 11) is 3.29. The number of aliphatic hydroxyl groups excluding tert-OH is 1. The van der Waals surface area contributed by atoms with E-state index in [0.29, 0.717) is 0 Å². The Morgan fingerprint density at radius 1 is 1.18 bits per heavy atom. The summed E-state index contributed by atoms with van der Waals surface area (Å²) in [6, 6.07) is 3.83. The fourth-order valence-corrected chi connectivity index (χ4v) is 1.68. The SMILES string of the molecule is COc1cc(C)c(NCCCCO)c(OC)c1. The fourth-order valence-electron chi connectivity index (χ4n) is 1.68. The normalized spacial score (nSPS) is 10.1. The van der Waals surface area contributed by atoms with Gasteiger partial charge in [0, 0.05) is 19.2 Å². The van der Waals surface area contributed by atoms with Crippen LogP contribution in [0.25, 0.3) is 0 Å².